The largest absolute Gasteiger partial charge is 0.465 e. The zero-order valence-corrected chi connectivity index (χ0v) is 19.2. The van der Waals surface area contributed by atoms with Crippen molar-refractivity contribution in [2.24, 2.45) is 0 Å². The van der Waals surface area contributed by atoms with E-state index in [0.717, 1.165) is 10.2 Å². The molecule has 2 aromatic carbocycles. The first kappa shape index (κ1) is 21.6. The molecule has 0 spiro atoms. The van der Waals surface area contributed by atoms with Crippen LogP contribution in [-0.2, 0) is 4.74 Å². The standard InChI is InChI=1S/C21H13Cl3N2O4S/c1-9-14(21(28)29-2)16(20-25-12-5-3-4-6-13(12)31-20)19(30-9)26-18(27)15-10(22)7-8-11(23)17(15)24/h3-8H,1-2H3,(H,26,27). The number of methoxy groups -OCH3 is 1. The fourth-order valence-electron chi connectivity index (χ4n) is 3.06. The van der Waals surface area contributed by atoms with Crippen LogP contribution in [0.25, 0.3) is 20.8 Å². The van der Waals surface area contributed by atoms with Crippen LogP contribution in [-0.4, -0.2) is 24.0 Å². The zero-order valence-electron chi connectivity index (χ0n) is 16.1. The molecule has 0 aliphatic heterocycles. The van der Waals surface area contributed by atoms with Gasteiger partial charge in [-0.25, -0.2) is 9.78 Å². The van der Waals surface area contributed by atoms with Crippen LogP contribution >= 0.6 is 46.1 Å². The molecule has 0 radical (unpaired) electrons. The maximum absolute atomic E-state index is 13.0. The summed E-state index contributed by atoms with van der Waals surface area (Å²) in [4.78, 5) is 30.1. The highest BCUT2D eigenvalue weighted by molar-refractivity contribution is 7.21. The average molecular weight is 496 g/mol. The number of hydrogen-bond acceptors (Lipinski definition) is 6. The first-order valence-electron chi connectivity index (χ1n) is 8.84. The molecule has 1 N–H and O–H groups in total. The fraction of sp³-hybridized carbons (Fsp3) is 0.0952. The lowest BCUT2D eigenvalue weighted by molar-refractivity contribution is 0.0599. The topological polar surface area (TPSA) is 81.4 Å². The van der Waals surface area contributed by atoms with E-state index in [-0.39, 0.29) is 37.8 Å². The first-order chi connectivity index (χ1) is 14.8. The molecule has 0 unspecified atom stereocenters. The number of carbonyl (C=O) groups is 2. The van der Waals surface area contributed by atoms with E-state index in [2.05, 4.69) is 10.3 Å². The summed E-state index contributed by atoms with van der Waals surface area (Å²) in [5, 5.41) is 3.42. The van der Waals surface area contributed by atoms with Gasteiger partial charge in [0.1, 0.15) is 16.3 Å². The summed E-state index contributed by atoms with van der Waals surface area (Å²) < 4.78 is 11.6. The molecule has 0 bridgehead atoms. The number of ether oxygens (including phenoxy) is 1. The highest BCUT2D eigenvalue weighted by Crippen LogP contribution is 2.41. The number of fused-ring (bicyclic) bond motifs is 1. The van der Waals surface area contributed by atoms with Gasteiger partial charge in [-0.3, -0.25) is 10.1 Å². The summed E-state index contributed by atoms with van der Waals surface area (Å²) in [5.74, 6) is -0.978. The van der Waals surface area contributed by atoms with Crippen molar-refractivity contribution < 1.29 is 18.7 Å². The highest BCUT2D eigenvalue weighted by Gasteiger charge is 2.30. The molecule has 0 aliphatic rings. The Labute approximate surface area is 195 Å². The Morgan fingerprint density at radius 3 is 2.48 bits per heavy atom. The number of esters is 1. The highest BCUT2D eigenvalue weighted by atomic mass is 35.5. The van der Waals surface area contributed by atoms with Crippen LogP contribution in [0.5, 0.6) is 0 Å². The van der Waals surface area contributed by atoms with Crippen molar-refractivity contribution in [1.29, 1.82) is 0 Å². The van der Waals surface area contributed by atoms with Crippen molar-refractivity contribution >= 4 is 74.1 Å². The minimum atomic E-state index is -0.648. The van der Waals surface area contributed by atoms with Gasteiger partial charge in [-0.15, -0.1) is 11.3 Å². The Hall–Kier alpha value is -2.58. The lowest BCUT2D eigenvalue weighted by atomic mass is 10.1. The second-order valence-corrected chi connectivity index (χ2v) is 8.61. The van der Waals surface area contributed by atoms with E-state index in [1.54, 1.807) is 6.92 Å². The van der Waals surface area contributed by atoms with Crippen molar-refractivity contribution in [1.82, 2.24) is 4.98 Å². The fourth-order valence-corrected chi connectivity index (χ4v) is 4.78. The maximum atomic E-state index is 13.0. The van der Waals surface area contributed by atoms with E-state index in [1.807, 2.05) is 24.3 Å². The molecular weight excluding hydrogens is 483 g/mol. The second-order valence-electron chi connectivity index (χ2n) is 6.39. The number of carbonyl (C=O) groups excluding carboxylic acids is 2. The van der Waals surface area contributed by atoms with Gasteiger partial charge in [-0.05, 0) is 31.2 Å². The van der Waals surface area contributed by atoms with E-state index in [0.29, 0.717) is 10.6 Å². The van der Waals surface area contributed by atoms with Gasteiger partial charge in [0, 0.05) is 0 Å². The zero-order chi connectivity index (χ0) is 22.3. The van der Waals surface area contributed by atoms with Crippen molar-refractivity contribution in [3.05, 3.63) is 68.4 Å². The Kier molecular flexibility index (Phi) is 5.94. The van der Waals surface area contributed by atoms with Gasteiger partial charge in [0.25, 0.3) is 5.91 Å². The predicted molar refractivity (Wildman–Crippen MR) is 123 cm³/mol. The molecular formula is C21H13Cl3N2O4S. The third kappa shape index (κ3) is 3.90. The number of hydrogen-bond donors (Lipinski definition) is 1. The van der Waals surface area contributed by atoms with E-state index < -0.39 is 11.9 Å². The molecule has 31 heavy (non-hydrogen) atoms. The number of aryl methyl sites for hydroxylation is 1. The van der Waals surface area contributed by atoms with Crippen molar-refractivity contribution in [3.8, 4) is 10.6 Å². The summed E-state index contributed by atoms with van der Waals surface area (Å²) in [6, 6.07) is 10.5. The maximum Gasteiger partial charge on any atom is 0.342 e. The van der Waals surface area contributed by atoms with Crippen molar-refractivity contribution in [2.45, 2.75) is 6.92 Å². The summed E-state index contributed by atoms with van der Waals surface area (Å²) >= 11 is 19.7. The van der Waals surface area contributed by atoms with Crippen LogP contribution in [0.15, 0.2) is 40.8 Å². The number of nitrogens with zero attached hydrogens (tertiary/aromatic N) is 1. The first-order valence-corrected chi connectivity index (χ1v) is 10.8. The predicted octanol–water partition coefficient (Wildman–Crippen LogP) is 6.86. The molecule has 0 saturated heterocycles. The number of thiazole rings is 1. The average Bonchev–Trinajstić information content (AvgIpc) is 3.30. The van der Waals surface area contributed by atoms with E-state index >= 15 is 0 Å². The van der Waals surface area contributed by atoms with Crippen LogP contribution in [0.3, 0.4) is 0 Å². The summed E-state index contributed by atoms with van der Waals surface area (Å²) in [6.45, 7) is 1.60. The van der Waals surface area contributed by atoms with Crippen LogP contribution in [0.1, 0.15) is 26.5 Å². The third-order valence-corrected chi connectivity index (χ3v) is 6.65. The number of aromatic nitrogens is 1. The Balaban J connectivity index is 1.86. The number of anilines is 1. The molecule has 0 fully saturated rings. The number of furan rings is 1. The molecule has 10 heteroatoms. The Morgan fingerprint density at radius 2 is 1.77 bits per heavy atom. The van der Waals surface area contributed by atoms with Crippen molar-refractivity contribution in [3.63, 3.8) is 0 Å². The van der Waals surface area contributed by atoms with Crippen molar-refractivity contribution in [2.75, 3.05) is 12.4 Å². The smallest absolute Gasteiger partial charge is 0.342 e. The van der Waals surface area contributed by atoms with Gasteiger partial charge in [0.05, 0.1) is 43.5 Å². The molecule has 158 valence electrons. The molecule has 0 atom stereocenters. The Morgan fingerprint density at radius 1 is 1.06 bits per heavy atom. The quantitative estimate of drug-likeness (QED) is 0.247. The SMILES string of the molecule is COC(=O)c1c(C)oc(NC(=O)c2c(Cl)ccc(Cl)c2Cl)c1-c1nc2ccccc2s1. The van der Waals surface area contributed by atoms with E-state index in [9.17, 15) is 9.59 Å². The van der Waals surface area contributed by atoms with Gasteiger partial charge in [0.15, 0.2) is 0 Å². The van der Waals surface area contributed by atoms with Gasteiger partial charge < -0.3 is 9.15 Å². The van der Waals surface area contributed by atoms with Gasteiger partial charge >= 0.3 is 5.97 Å². The molecule has 4 aromatic rings. The van der Waals surface area contributed by atoms with Gasteiger partial charge in [-0.2, -0.15) is 0 Å². The number of amides is 1. The summed E-state index contributed by atoms with van der Waals surface area (Å²) in [5.41, 5.74) is 1.21. The molecule has 0 saturated carbocycles. The number of rotatable bonds is 4. The summed E-state index contributed by atoms with van der Waals surface area (Å²) in [7, 11) is 1.26. The number of nitrogens with one attached hydrogen (secondary N) is 1. The van der Waals surface area contributed by atoms with E-state index in [4.69, 9.17) is 44.0 Å². The number of para-hydroxylation sites is 1. The third-order valence-electron chi connectivity index (χ3n) is 4.48. The lowest BCUT2D eigenvalue weighted by Gasteiger charge is -2.09. The van der Waals surface area contributed by atoms with E-state index in [1.165, 1.54) is 30.6 Å². The van der Waals surface area contributed by atoms with Crippen LogP contribution in [0, 0.1) is 6.92 Å². The Bertz CT molecular complexity index is 1310. The second kappa shape index (κ2) is 8.51. The molecule has 6 nitrogen and oxygen atoms in total. The van der Waals surface area contributed by atoms with Crippen LogP contribution in [0.4, 0.5) is 5.88 Å². The van der Waals surface area contributed by atoms with Crippen LogP contribution < -0.4 is 5.32 Å². The molecule has 2 aromatic heterocycles. The molecule has 1 amide bonds. The monoisotopic (exact) mass is 494 g/mol. The number of halogens is 3. The minimum Gasteiger partial charge on any atom is -0.465 e. The molecule has 4 rings (SSSR count). The van der Waals surface area contributed by atoms with Gasteiger partial charge in [-0.1, -0.05) is 46.9 Å². The lowest BCUT2D eigenvalue weighted by Crippen LogP contribution is -2.14. The van der Waals surface area contributed by atoms with Crippen LogP contribution in [0.2, 0.25) is 15.1 Å². The number of benzene rings is 2. The summed E-state index contributed by atoms with van der Waals surface area (Å²) in [6.07, 6.45) is 0. The molecule has 2 heterocycles. The minimum absolute atomic E-state index is 0.00433. The molecule has 0 aliphatic carbocycles. The normalized spacial score (nSPS) is 11.0. The van der Waals surface area contributed by atoms with Gasteiger partial charge in [0.2, 0.25) is 5.88 Å².